The molecule has 108 valence electrons. The smallest absolute Gasteiger partial charge is 0.250 e. The van der Waals surface area contributed by atoms with Gasteiger partial charge in [-0.05, 0) is 12.1 Å². The predicted octanol–water partition coefficient (Wildman–Crippen LogP) is -0.571. The molecule has 1 aromatic heterocycles. The predicted molar refractivity (Wildman–Crippen MR) is 71.7 cm³/mol. The molecule has 7 heteroatoms. The Morgan fingerprint density at radius 3 is 2.85 bits per heavy atom. The van der Waals surface area contributed by atoms with Crippen molar-refractivity contribution in [2.75, 3.05) is 26.2 Å². The molecule has 0 aliphatic carbocycles. The molecule has 20 heavy (non-hydrogen) atoms. The molecule has 0 saturated carbocycles. The molecule has 1 unspecified atom stereocenters. The molecule has 7 nitrogen and oxygen atoms in total. The summed E-state index contributed by atoms with van der Waals surface area (Å²) >= 11 is 0. The van der Waals surface area contributed by atoms with Crippen LogP contribution in [0.25, 0.3) is 0 Å². The first-order valence-electron chi connectivity index (χ1n) is 6.47. The molecule has 1 aromatic rings. The number of amides is 2. The van der Waals surface area contributed by atoms with Crippen molar-refractivity contribution < 1.29 is 14.3 Å². The van der Waals surface area contributed by atoms with Crippen LogP contribution in [0.2, 0.25) is 0 Å². The lowest BCUT2D eigenvalue weighted by atomic mass is 10.1. The summed E-state index contributed by atoms with van der Waals surface area (Å²) < 4.78 is 5.62. The number of hydrogen-bond acceptors (Lipinski definition) is 5. The van der Waals surface area contributed by atoms with Crippen molar-refractivity contribution in [1.29, 1.82) is 0 Å². The van der Waals surface area contributed by atoms with Crippen LogP contribution in [-0.4, -0.2) is 47.9 Å². The molecule has 2 rings (SSSR count). The minimum Gasteiger partial charge on any atom is -0.368 e. The van der Waals surface area contributed by atoms with Gasteiger partial charge in [0, 0.05) is 25.7 Å². The van der Waals surface area contributed by atoms with Crippen LogP contribution in [0.5, 0.6) is 0 Å². The second kappa shape index (κ2) is 6.44. The number of pyridine rings is 1. The Morgan fingerprint density at radius 2 is 2.25 bits per heavy atom. The normalized spacial score (nSPS) is 18.9. The van der Waals surface area contributed by atoms with Crippen LogP contribution in [0.3, 0.4) is 0 Å². The van der Waals surface area contributed by atoms with Crippen LogP contribution in [0.1, 0.15) is 28.6 Å². The van der Waals surface area contributed by atoms with Gasteiger partial charge in [-0.1, -0.05) is 0 Å². The lowest BCUT2D eigenvalue weighted by molar-refractivity contribution is -0.138. The molecule has 1 saturated heterocycles. The van der Waals surface area contributed by atoms with Gasteiger partial charge in [-0.2, -0.15) is 0 Å². The minimum absolute atomic E-state index is 0.0227. The maximum Gasteiger partial charge on any atom is 0.250 e. The van der Waals surface area contributed by atoms with E-state index >= 15 is 0 Å². The van der Waals surface area contributed by atoms with Crippen molar-refractivity contribution in [3.05, 3.63) is 29.6 Å². The van der Waals surface area contributed by atoms with Gasteiger partial charge in [-0.25, -0.2) is 0 Å². The summed E-state index contributed by atoms with van der Waals surface area (Å²) in [6, 6.07) is 3.30. The minimum atomic E-state index is -0.520. The van der Waals surface area contributed by atoms with Gasteiger partial charge in [-0.15, -0.1) is 0 Å². The van der Waals surface area contributed by atoms with Crippen molar-refractivity contribution in [3.8, 4) is 0 Å². The summed E-state index contributed by atoms with van der Waals surface area (Å²) in [5.41, 5.74) is 11.6. The second-order valence-electron chi connectivity index (χ2n) is 4.57. The molecular formula is C13H18N4O3. The fourth-order valence-electron chi connectivity index (χ4n) is 2.08. The van der Waals surface area contributed by atoms with E-state index < -0.39 is 5.91 Å². The Bertz CT molecular complexity index is 489. The zero-order valence-electron chi connectivity index (χ0n) is 11.1. The summed E-state index contributed by atoms with van der Waals surface area (Å²) in [4.78, 5) is 28.7. The van der Waals surface area contributed by atoms with E-state index in [9.17, 15) is 9.59 Å². The van der Waals surface area contributed by atoms with E-state index in [2.05, 4.69) is 4.98 Å². The molecule has 1 fully saturated rings. The van der Waals surface area contributed by atoms with Gasteiger partial charge < -0.3 is 21.1 Å². The largest absolute Gasteiger partial charge is 0.368 e. The number of aromatic nitrogens is 1. The maximum absolute atomic E-state index is 11.8. The fraction of sp³-hybridized carbons (Fsp3) is 0.462. The summed E-state index contributed by atoms with van der Waals surface area (Å²) in [6.07, 6.45) is 1.47. The Morgan fingerprint density at radius 1 is 1.45 bits per heavy atom. The Balaban J connectivity index is 2.04. The van der Waals surface area contributed by atoms with Crippen molar-refractivity contribution in [2.45, 2.75) is 12.5 Å². The van der Waals surface area contributed by atoms with E-state index in [0.717, 1.165) is 0 Å². The first-order chi connectivity index (χ1) is 9.61. The van der Waals surface area contributed by atoms with E-state index in [4.69, 9.17) is 16.2 Å². The number of carbonyl (C=O) groups is 2. The average molecular weight is 278 g/mol. The average Bonchev–Trinajstić information content (AvgIpc) is 2.48. The second-order valence-corrected chi connectivity index (χ2v) is 4.57. The summed E-state index contributed by atoms with van der Waals surface area (Å²) in [7, 11) is 0. The van der Waals surface area contributed by atoms with Crippen LogP contribution in [0, 0.1) is 0 Å². The van der Waals surface area contributed by atoms with Crippen molar-refractivity contribution in [1.82, 2.24) is 9.88 Å². The lowest BCUT2D eigenvalue weighted by Gasteiger charge is -2.32. The fourth-order valence-corrected chi connectivity index (χ4v) is 2.08. The summed E-state index contributed by atoms with van der Waals surface area (Å²) in [5.74, 6) is -0.497. The number of morpholine rings is 1. The van der Waals surface area contributed by atoms with Gasteiger partial charge in [-0.3, -0.25) is 14.6 Å². The maximum atomic E-state index is 11.8. The lowest BCUT2D eigenvalue weighted by Crippen LogP contribution is -2.43. The molecule has 0 spiro atoms. The topological polar surface area (TPSA) is 112 Å². The standard InChI is InChI=1S/C13H18N4O3/c14-4-3-12(18)17-5-6-20-11(8-17)10-2-1-9(7-16-10)13(15)19/h1-2,7,11H,3-6,8,14H2,(H2,15,19). The van der Waals surface area contributed by atoms with Gasteiger partial charge in [0.1, 0.15) is 6.10 Å². The molecule has 1 atom stereocenters. The van der Waals surface area contributed by atoms with Crippen molar-refractivity contribution in [2.24, 2.45) is 11.5 Å². The van der Waals surface area contributed by atoms with Crippen LogP contribution >= 0.6 is 0 Å². The molecule has 4 N–H and O–H groups in total. The van der Waals surface area contributed by atoms with E-state index in [1.54, 1.807) is 17.0 Å². The number of nitrogens with two attached hydrogens (primary N) is 2. The highest BCUT2D eigenvalue weighted by Crippen LogP contribution is 2.21. The van der Waals surface area contributed by atoms with E-state index in [-0.39, 0.29) is 12.0 Å². The molecular weight excluding hydrogens is 260 g/mol. The monoisotopic (exact) mass is 278 g/mol. The van der Waals surface area contributed by atoms with E-state index in [1.165, 1.54) is 6.20 Å². The Kier molecular flexibility index (Phi) is 4.65. The number of carbonyl (C=O) groups excluding carboxylic acids is 2. The molecule has 0 bridgehead atoms. The number of primary amides is 1. The van der Waals surface area contributed by atoms with Gasteiger partial charge in [0.2, 0.25) is 11.8 Å². The highest BCUT2D eigenvalue weighted by atomic mass is 16.5. The highest BCUT2D eigenvalue weighted by Gasteiger charge is 2.25. The Hall–Kier alpha value is -1.99. The van der Waals surface area contributed by atoms with Crippen LogP contribution < -0.4 is 11.5 Å². The third kappa shape index (κ3) is 3.31. The van der Waals surface area contributed by atoms with Gasteiger partial charge in [0.05, 0.1) is 24.4 Å². The molecule has 0 aromatic carbocycles. The van der Waals surface area contributed by atoms with E-state index in [1.807, 2.05) is 0 Å². The zero-order chi connectivity index (χ0) is 14.5. The quantitative estimate of drug-likeness (QED) is 0.766. The van der Waals surface area contributed by atoms with E-state index in [0.29, 0.717) is 43.9 Å². The zero-order valence-corrected chi connectivity index (χ0v) is 11.1. The summed E-state index contributed by atoms with van der Waals surface area (Å²) in [6.45, 7) is 1.81. The first-order valence-corrected chi connectivity index (χ1v) is 6.47. The number of nitrogens with zero attached hydrogens (tertiary/aromatic N) is 2. The third-order valence-corrected chi connectivity index (χ3v) is 3.18. The highest BCUT2D eigenvalue weighted by molar-refractivity contribution is 5.92. The first kappa shape index (κ1) is 14.4. The van der Waals surface area contributed by atoms with Gasteiger partial charge in [0.25, 0.3) is 0 Å². The molecule has 2 amide bonds. The third-order valence-electron chi connectivity index (χ3n) is 3.18. The van der Waals surface area contributed by atoms with Crippen molar-refractivity contribution in [3.63, 3.8) is 0 Å². The SMILES string of the molecule is NCCC(=O)N1CCOC(c2ccc(C(N)=O)cn2)C1. The van der Waals surface area contributed by atoms with Crippen LogP contribution in [-0.2, 0) is 9.53 Å². The number of ether oxygens (including phenoxy) is 1. The van der Waals surface area contributed by atoms with Crippen molar-refractivity contribution >= 4 is 11.8 Å². The molecule has 2 heterocycles. The Labute approximate surface area is 116 Å². The molecule has 0 radical (unpaired) electrons. The van der Waals surface area contributed by atoms with Gasteiger partial charge >= 0.3 is 0 Å². The summed E-state index contributed by atoms with van der Waals surface area (Å²) in [5, 5.41) is 0. The molecule has 1 aliphatic rings. The van der Waals surface area contributed by atoms with Crippen LogP contribution in [0.15, 0.2) is 18.3 Å². The van der Waals surface area contributed by atoms with Gasteiger partial charge in [0.15, 0.2) is 0 Å². The number of rotatable bonds is 4. The molecule has 1 aliphatic heterocycles. The number of hydrogen-bond donors (Lipinski definition) is 2. The van der Waals surface area contributed by atoms with Crippen LogP contribution in [0.4, 0.5) is 0 Å².